The van der Waals surface area contributed by atoms with Crippen LogP contribution in [0.5, 0.6) is 5.75 Å². The number of rotatable bonds is 5. The van der Waals surface area contributed by atoms with E-state index in [4.69, 9.17) is 4.74 Å². The van der Waals surface area contributed by atoms with Crippen LogP contribution in [0.3, 0.4) is 0 Å². The first-order chi connectivity index (χ1) is 13.1. The zero-order valence-electron chi connectivity index (χ0n) is 15.1. The Morgan fingerprint density at radius 3 is 2.56 bits per heavy atom. The molecule has 3 rings (SSSR count). The summed E-state index contributed by atoms with van der Waals surface area (Å²) in [5, 5.41) is 10.8. The summed E-state index contributed by atoms with van der Waals surface area (Å²) in [5.74, 6) is 0.726. The second-order valence-corrected chi connectivity index (χ2v) is 6.17. The van der Waals surface area contributed by atoms with Crippen molar-refractivity contribution in [3.05, 3.63) is 70.3 Å². The van der Waals surface area contributed by atoms with Crippen molar-refractivity contribution < 1.29 is 14.5 Å². The minimum absolute atomic E-state index is 0.00928. The maximum absolute atomic E-state index is 12.4. The molecule has 0 spiro atoms. The lowest BCUT2D eigenvalue weighted by molar-refractivity contribution is -0.384. The highest BCUT2D eigenvalue weighted by molar-refractivity contribution is 5.92. The molecule has 0 unspecified atom stereocenters. The van der Waals surface area contributed by atoms with Gasteiger partial charge in [-0.1, -0.05) is 24.3 Å². The standard InChI is InChI=1S/C20H21N3O4/c1-27-19-8-3-2-7-18(19)21-11-13-22(14-12-21)20(24)10-9-16-5-4-6-17(15-16)23(25)26/h2-10,15H,11-14H2,1H3. The van der Waals surface area contributed by atoms with Crippen LogP contribution in [0.25, 0.3) is 6.08 Å². The Balaban J connectivity index is 1.60. The fourth-order valence-corrected chi connectivity index (χ4v) is 3.07. The third kappa shape index (κ3) is 4.44. The number of ether oxygens (including phenoxy) is 1. The van der Waals surface area contributed by atoms with Crippen LogP contribution >= 0.6 is 0 Å². The summed E-state index contributed by atoms with van der Waals surface area (Å²) in [5.41, 5.74) is 1.67. The van der Waals surface area contributed by atoms with E-state index in [2.05, 4.69) is 4.90 Å². The minimum Gasteiger partial charge on any atom is -0.495 e. The average molecular weight is 367 g/mol. The van der Waals surface area contributed by atoms with Crippen LogP contribution in [0.15, 0.2) is 54.6 Å². The lowest BCUT2D eigenvalue weighted by Gasteiger charge is -2.36. The zero-order chi connectivity index (χ0) is 19.2. The molecule has 1 aliphatic rings. The van der Waals surface area contributed by atoms with Crippen LogP contribution in [0.1, 0.15) is 5.56 Å². The molecular formula is C20H21N3O4. The van der Waals surface area contributed by atoms with Gasteiger partial charge in [0.1, 0.15) is 5.75 Å². The molecule has 2 aromatic carbocycles. The van der Waals surface area contributed by atoms with Crippen LogP contribution < -0.4 is 9.64 Å². The summed E-state index contributed by atoms with van der Waals surface area (Å²) in [4.78, 5) is 26.8. The summed E-state index contributed by atoms with van der Waals surface area (Å²) in [7, 11) is 1.65. The molecule has 2 aromatic rings. The summed E-state index contributed by atoms with van der Waals surface area (Å²) >= 11 is 0. The number of anilines is 1. The van der Waals surface area contributed by atoms with E-state index in [1.807, 2.05) is 24.3 Å². The van der Waals surface area contributed by atoms with E-state index in [0.29, 0.717) is 18.7 Å². The molecule has 27 heavy (non-hydrogen) atoms. The number of benzene rings is 2. The molecule has 1 saturated heterocycles. The molecule has 0 atom stereocenters. The van der Waals surface area contributed by atoms with E-state index in [1.165, 1.54) is 18.2 Å². The monoisotopic (exact) mass is 367 g/mol. The van der Waals surface area contributed by atoms with Crippen LogP contribution in [0.2, 0.25) is 0 Å². The van der Waals surface area contributed by atoms with Gasteiger partial charge in [-0.2, -0.15) is 0 Å². The fourth-order valence-electron chi connectivity index (χ4n) is 3.07. The molecule has 7 heteroatoms. The van der Waals surface area contributed by atoms with Gasteiger partial charge in [0.25, 0.3) is 5.69 Å². The van der Waals surface area contributed by atoms with Gasteiger partial charge in [0.05, 0.1) is 17.7 Å². The van der Waals surface area contributed by atoms with E-state index in [0.717, 1.165) is 24.5 Å². The van der Waals surface area contributed by atoms with Crippen molar-refractivity contribution in [3.8, 4) is 5.75 Å². The lowest BCUT2D eigenvalue weighted by Crippen LogP contribution is -2.48. The molecule has 1 fully saturated rings. The summed E-state index contributed by atoms with van der Waals surface area (Å²) in [6.45, 7) is 2.65. The molecule has 0 aliphatic carbocycles. The summed E-state index contributed by atoms with van der Waals surface area (Å²) in [6, 6.07) is 14.1. The van der Waals surface area contributed by atoms with Gasteiger partial charge in [-0.15, -0.1) is 0 Å². The number of hydrogen-bond donors (Lipinski definition) is 0. The third-order valence-electron chi connectivity index (χ3n) is 4.52. The van der Waals surface area contributed by atoms with Gasteiger partial charge in [-0.25, -0.2) is 0 Å². The number of piperazine rings is 1. The molecule has 7 nitrogen and oxygen atoms in total. The van der Waals surface area contributed by atoms with E-state index < -0.39 is 4.92 Å². The van der Waals surface area contributed by atoms with Crippen LogP contribution in [0, 0.1) is 10.1 Å². The van der Waals surface area contributed by atoms with Crippen molar-refractivity contribution in [2.75, 3.05) is 38.2 Å². The number of nitro groups is 1. The van der Waals surface area contributed by atoms with E-state index in [-0.39, 0.29) is 11.6 Å². The Morgan fingerprint density at radius 2 is 1.85 bits per heavy atom. The SMILES string of the molecule is COc1ccccc1N1CCN(C(=O)C=Cc2cccc([N+](=O)[O-])c2)CC1. The molecule has 0 radical (unpaired) electrons. The lowest BCUT2D eigenvalue weighted by atomic mass is 10.2. The highest BCUT2D eigenvalue weighted by Gasteiger charge is 2.21. The smallest absolute Gasteiger partial charge is 0.270 e. The molecule has 1 heterocycles. The molecule has 0 aromatic heterocycles. The predicted octanol–water partition coefficient (Wildman–Crippen LogP) is 2.97. The third-order valence-corrected chi connectivity index (χ3v) is 4.52. The van der Waals surface area contributed by atoms with Crippen molar-refractivity contribution in [1.82, 2.24) is 4.90 Å². The number of carbonyl (C=O) groups is 1. The Kier molecular flexibility index (Phi) is 5.71. The number of carbonyl (C=O) groups excluding carboxylic acids is 1. The number of nitrogens with zero attached hydrogens (tertiary/aromatic N) is 3. The molecule has 0 saturated carbocycles. The Labute approximate surface area is 157 Å². The first-order valence-corrected chi connectivity index (χ1v) is 8.68. The molecule has 0 N–H and O–H groups in total. The number of nitro benzene ring substituents is 1. The largest absolute Gasteiger partial charge is 0.495 e. The van der Waals surface area contributed by atoms with Crippen molar-refractivity contribution in [1.29, 1.82) is 0 Å². The molecule has 0 bridgehead atoms. The highest BCUT2D eigenvalue weighted by atomic mass is 16.6. The van der Waals surface area contributed by atoms with Gasteiger partial charge < -0.3 is 14.5 Å². The van der Waals surface area contributed by atoms with Crippen molar-refractivity contribution in [2.24, 2.45) is 0 Å². The second-order valence-electron chi connectivity index (χ2n) is 6.17. The van der Waals surface area contributed by atoms with Gasteiger partial charge in [-0.3, -0.25) is 14.9 Å². The molecule has 1 amide bonds. The quantitative estimate of drug-likeness (QED) is 0.461. The van der Waals surface area contributed by atoms with Crippen LogP contribution in [-0.2, 0) is 4.79 Å². The number of hydrogen-bond acceptors (Lipinski definition) is 5. The molecule has 1 aliphatic heterocycles. The normalized spacial score (nSPS) is 14.4. The zero-order valence-corrected chi connectivity index (χ0v) is 15.1. The fraction of sp³-hybridized carbons (Fsp3) is 0.250. The summed E-state index contributed by atoms with van der Waals surface area (Å²) < 4.78 is 5.41. The van der Waals surface area contributed by atoms with E-state index in [9.17, 15) is 14.9 Å². The Bertz CT molecular complexity index is 858. The minimum atomic E-state index is -0.448. The van der Waals surface area contributed by atoms with Gasteiger partial charge in [0.2, 0.25) is 5.91 Å². The summed E-state index contributed by atoms with van der Waals surface area (Å²) in [6.07, 6.45) is 3.08. The first kappa shape index (κ1) is 18.4. The maximum atomic E-state index is 12.4. The van der Waals surface area contributed by atoms with Crippen LogP contribution in [-0.4, -0.2) is 49.0 Å². The Hall–Kier alpha value is -3.35. The van der Waals surface area contributed by atoms with E-state index in [1.54, 1.807) is 30.2 Å². The van der Waals surface area contributed by atoms with Crippen molar-refractivity contribution >= 4 is 23.4 Å². The topological polar surface area (TPSA) is 75.9 Å². The van der Waals surface area contributed by atoms with Gasteiger partial charge in [-0.05, 0) is 23.8 Å². The van der Waals surface area contributed by atoms with Crippen molar-refractivity contribution in [3.63, 3.8) is 0 Å². The molecular weight excluding hydrogens is 346 g/mol. The second kappa shape index (κ2) is 8.35. The number of non-ortho nitro benzene ring substituents is 1. The van der Waals surface area contributed by atoms with Gasteiger partial charge >= 0.3 is 0 Å². The maximum Gasteiger partial charge on any atom is 0.270 e. The number of para-hydroxylation sites is 2. The number of methoxy groups -OCH3 is 1. The average Bonchev–Trinajstić information content (AvgIpc) is 2.72. The molecule has 140 valence electrons. The number of amides is 1. The van der Waals surface area contributed by atoms with Crippen molar-refractivity contribution in [2.45, 2.75) is 0 Å². The van der Waals surface area contributed by atoms with E-state index >= 15 is 0 Å². The highest BCUT2D eigenvalue weighted by Crippen LogP contribution is 2.28. The van der Waals surface area contributed by atoms with Gasteiger partial charge in [0, 0.05) is 44.4 Å². The predicted molar refractivity (Wildman–Crippen MR) is 104 cm³/mol. The van der Waals surface area contributed by atoms with Gasteiger partial charge in [0.15, 0.2) is 0 Å². The Morgan fingerprint density at radius 1 is 1.11 bits per heavy atom. The van der Waals surface area contributed by atoms with Crippen LogP contribution in [0.4, 0.5) is 11.4 Å². The first-order valence-electron chi connectivity index (χ1n) is 8.68.